The second kappa shape index (κ2) is 7.56. The number of carbonyl (C=O) groups excluding carboxylic acids is 1. The summed E-state index contributed by atoms with van der Waals surface area (Å²) in [5.41, 5.74) is 0. The SMILES string of the molecule is CCS(=O)(=O)CCNC(=O)C1CCCN1C1CCNCC1. The van der Waals surface area contributed by atoms with Gasteiger partial charge in [-0.15, -0.1) is 0 Å². The summed E-state index contributed by atoms with van der Waals surface area (Å²) >= 11 is 0. The molecule has 2 rings (SSSR count). The third kappa shape index (κ3) is 4.66. The van der Waals surface area contributed by atoms with Gasteiger partial charge in [-0.1, -0.05) is 6.92 Å². The smallest absolute Gasteiger partial charge is 0.237 e. The zero-order chi connectivity index (χ0) is 15.3. The van der Waals surface area contributed by atoms with E-state index in [4.69, 9.17) is 0 Å². The monoisotopic (exact) mass is 317 g/mol. The normalized spacial score (nSPS) is 25.1. The lowest BCUT2D eigenvalue weighted by molar-refractivity contribution is -0.126. The van der Waals surface area contributed by atoms with Gasteiger partial charge in [-0.2, -0.15) is 0 Å². The molecule has 2 aliphatic rings. The Morgan fingerprint density at radius 1 is 1.29 bits per heavy atom. The number of amides is 1. The Balaban J connectivity index is 1.83. The summed E-state index contributed by atoms with van der Waals surface area (Å²) in [6, 6.07) is 0.418. The molecule has 0 saturated carbocycles. The van der Waals surface area contributed by atoms with Crippen LogP contribution in [0.3, 0.4) is 0 Å². The van der Waals surface area contributed by atoms with E-state index in [9.17, 15) is 13.2 Å². The molecule has 0 aromatic carbocycles. The summed E-state index contributed by atoms with van der Waals surface area (Å²) in [6.45, 7) is 4.88. The molecule has 0 radical (unpaired) electrons. The Kier molecular flexibility index (Phi) is 6.01. The third-order valence-corrected chi connectivity index (χ3v) is 6.23. The van der Waals surface area contributed by atoms with Crippen LogP contribution < -0.4 is 10.6 Å². The van der Waals surface area contributed by atoms with Crippen LogP contribution in [0.15, 0.2) is 0 Å². The summed E-state index contributed by atoms with van der Waals surface area (Å²) in [6.07, 6.45) is 4.12. The molecule has 7 heteroatoms. The first-order valence-electron chi connectivity index (χ1n) is 7.98. The molecule has 0 spiro atoms. The first-order valence-corrected chi connectivity index (χ1v) is 9.80. The number of nitrogens with one attached hydrogen (secondary N) is 2. The molecule has 2 N–H and O–H groups in total. The van der Waals surface area contributed by atoms with Crippen molar-refractivity contribution in [2.75, 3.05) is 37.7 Å². The van der Waals surface area contributed by atoms with Gasteiger partial charge in [0.15, 0.2) is 9.84 Å². The Morgan fingerprint density at radius 2 is 2.00 bits per heavy atom. The molecule has 2 saturated heterocycles. The Morgan fingerprint density at radius 3 is 2.67 bits per heavy atom. The zero-order valence-corrected chi connectivity index (χ0v) is 13.6. The molecule has 122 valence electrons. The van der Waals surface area contributed by atoms with Gasteiger partial charge in [0.1, 0.15) is 0 Å². The molecule has 1 atom stereocenters. The van der Waals surface area contributed by atoms with Crippen LogP contribution in [0.25, 0.3) is 0 Å². The van der Waals surface area contributed by atoms with E-state index in [2.05, 4.69) is 15.5 Å². The maximum absolute atomic E-state index is 12.3. The number of hydrogen-bond acceptors (Lipinski definition) is 5. The van der Waals surface area contributed by atoms with E-state index in [1.807, 2.05) is 0 Å². The van der Waals surface area contributed by atoms with Crippen molar-refractivity contribution in [2.45, 2.75) is 44.7 Å². The maximum atomic E-state index is 12.3. The number of nitrogens with zero attached hydrogens (tertiary/aromatic N) is 1. The molecule has 2 heterocycles. The summed E-state index contributed by atoms with van der Waals surface area (Å²) in [5, 5.41) is 6.15. The van der Waals surface area contributed by atoms with Crippen LogP contribution >= 0.6 is 0 Å². The van der Waals surface area contributed by atoms with Crippen molar-refractivity contribution in [2.24, 2.45) is 0 Å². The number of hydrogen-bond donors (Lipinski definition) is 2. The van der Waals surface area contributed by atoms with Gasteiger partial charge in [-0.3, -0.25) is 9.69 Å². The van der Waals surface area contributed by atoms with E-state index < -0.39 is 9.84 Å². The van der Waals surface area contributed by atoms with Crippen LogP contribution in [-0.4, -0.2) is 69.0 Å². The third-order valence-electron chi connectivity index (χ3n) is 4.53. The lowest BCUT2D eigenvalue weighted by atomic mass is 10.0. The van der Waals surface area contributed by atoms with E-state index in [0.717, 1.165) is 45.3 Å². The minimum absolute atomic E-state index is 0.00247. The molecular weight excluding hydrogens is 290 g/mol. The lowest BCUT2D eigenvalue weighted by Crippen LogP contribution is -2.51. The van der Waals surface area contributed by atoms with Crippen molar-refractivity contribution in [3.05, 3.63) is 0 Å². The van der Waals surface area contributed by atoms with Gasteiger partial charge in [0, 0.05) is 18.3 Å². The fourth-order valence-corrected chi connectivity index (χ4v) is 3.94. The van der Waals surface area contributed by atoms with Gasteiger partial charge < -0.3 is 10.6 Å². The first kappa shape index (κ1) is 16.7. The summed E-state index contributed by atoms with van der Waals surface area (Å²) < 4.78 is 22.9. The average Bonchev–Trinajstić information content (AvgIpc) is 2.97. The highest BCUT2D eigenvalue weighted by Crippen LogP contribution is 2.24. The molecule has 1 amide bonds. The number of rotatable bonds is 6. The molecular formula is C14H27N3O3S. The van der Waals surface area contributed by atoms with Crippen LogP contribution in [-0.2, 0) is 14.6 Å². The van der Waals surface area contributed by atoms with Crippen LogP contribution in [0, 0.1) is 0 Å². The topological polar surface area (TPSA) is 78.5 Å². The summed E-state index contributed by atoms with van der Waals surface area (Å²) in [4.78, 5) is 14.6. The highest BCUT2D eigenvalue weighted by Gasteiger charge is 2.35. The minimum atomic E-state index is -3.01. The van der Waals surface area contributed by atoms with Crippen molar-refractivity contribution < 1.29 is 13.2 Å². The van der Waals surface area contributed by atoms with E-state index in [1.165, 1.54) is 0 Å². The molecule has 0 aliphatic carbocycles. The maximum Gasteiger partial charge on any atom is 0.237 e. The highest BCUT2D eigenvalue weighted by molar-refractivity contribution is 7.91. The fourth-order valence-electron chi connectivity index (χ4n) is 3.24. The molecule has 21 heavy (non-hydrogen) atoms. The predicted molar refractivity (Wildman–Crippen MR) is 83.0 cm³/mol. The van der Waals surface area contributed by atoms with Crippen molar-refractivity contribution in [3.63, 3.8) is 0 Å². The van der Waals surface area contributed by atoms with Gasteiger partial charge in [0.05, 0.1) is 11.8 Å². The quantitative estimate of drug-likeness (QED) is 0.706. The highest BCUT2D eigenvalue weighted by atomic mass is 32.2. The van der Waals surface area contributed by atoms with Crippen LogP contribution in [0.5, 0.6) is 0 Å². The molecule has 2 aliphatic heterocycles. The average molecular weight is 317 g/mol. The van der Waals surface area contributed by atoms with Crippen molar-refractivity contribution >= 4 is 15.7 Å². The number of sulfone groups is 1. The van der Waals surface area contributed by atoms with Crippen molar-refractivity contribution in [1.29, 1.82) is 0 Å². The molecule has 6 nitrogen and oxygen atoms in total. The molecule has 0 aromatic rings. The lowest BCUT2D eigenvalue weighted by Gasteiger charge is -2.35. The number of likely N-dealkylation sites (tertiary alicyclic amines) is 1. The van der Waals surface area contributed by atoms with E-state index in [0.29, 0.717) is 6.04 Å². The largest absolute Gasteiger partial charge is 0.354 e. The van der Waals surface area contributed by atoms with Gasteiger partial charge in [0.2, 0.25) is 5.91 Å². The second-order valence-electron chi connectivity index (χ2n) is 5.90. The van der Waals surface area contributed by atoms with Crippen LogP contribution in [0.1, 0.15) is 32.6 Å². The molecule has 0 bridgehead atoms. The van der Waals surface area contributed by atoms with E-state index in [-0.39, 0.29) is 30.0 Å². The number of carbonyl (C=O) groups is 1. The van der Waals surface area contributed by atoms with Crippen LogP contribution in [0.2, 0.25) is 0 Å². The fraction of sp³-hybridized carbons (Fsp3) is 0.929. The standard InChI is InChI=1S/C14H27N3O3S/c1-2-21(19,20)11-9-16-14(18)13-4-3-10-17(13)12-5-7-15-8-6-12/h12-13,15H,2-11H2,1H3,(H,16,18). The van der Waals surface area contributed by atoms with E-state index in [1.54, 1.807) is 6.92 Å². The first-order chi connectivity index (χ1) is 10.0. The molecule has 1 unspecified atom stereocenters. The van der Waals surface area contributed by atoms with Crippen LogP contribution in [0.4, 0.5) is 0 Å². The Bertz CT molecular complexity index is 446. The molecule has 2 fully saturated rings. The predicted octanol–water partition coefficient (Wildman–Crippen LogP) is -0.246. The van der Waals surface area contributed by atoms with E-state index >= 15 is 0 Å². The molecule has 0 aromatic heterocycles. The minimum Gasteiger partial charge on any atom is -0.354 e. The van der Waals surface area contributed by atoms with Gasteiger partial charge in [-0.25, -0.2) is 8.42 Å². The Labute approximate surface area is 127 Å². The van der Waals surface area contributed by atoms with Gasteiger partial charge in [0.25, 0.3) is 0 Å². The van der Waals surface area contributed by atoms with Gasteiger partial charge >= 0.3 is 0 Å². The summed E-state index contributed by atoms with van der Waals surface area (Å²) in [7, 11) is -3.01. The van der Waals surface area contributed by atoms with Gasteiger partial charge in [-0.05, 0) is 45.3 Å². The van der Waals surface area contributed by atoms with Crippen molar-refractivity contribution in [3.8, 4) is 0 Å². The summed E-state index contributed by atoms with van der Waals surface area (Å²) in [5.74, 6) is 0.167. The Hall–Kier alpha value is -0.660. The second-order valence-corrected chi connectivity index (χ2v) is 8.38. The zero-order valence-electron chi connectivity index (χ0n) is 12.8. The number of piperidine rings is 1. The van der Waals surface area contributed by atoms with Crippen molar-refractivity contribution in [1.82, 2.24) is 15.5 Å².